The van der Waals surface area contributed by atoms with E-state index in [0.29, 0.717) is 5.17 Å². The largest absolute Gasteiger partial charge is 0.326 e. The summed E-state index contributed by atoms with van der Waals surface area (Å²) in [5.74, 6) is -0.265. The molecule has 1 atom stereocenters. The summed E-state index contributed by atoms with van der Waals surface area (Å²) < 4.78 is 1.13. The average molecular weight is 493 g/mol. The minimum Gasteiger partial charge on any atom is -0.326 e. The van der Waals surface area contributed by atoms with Crippen LogP contribution in [0.4, 0.5) is 11.4 Å². The first kappa shape index (κ1) is 19.9. The Kier molecular flexibility index (Phi) is 6.21. The van der Waals surface area contributed by atoms with Crippen LogP contribution < -0.4 is 5.32 Å². The number of nitrogens with zero attached hydrogens (tertiary/aromatic N) is 2. The zero-order chi connectivity index (χ0) is 19.6. The molecule has 0 spiro atoms. The third-order valence-electron chi connectivity index (χ3n) is 4.44. The Balaban J connectivity index is 1.68. The first-order valence-corrected chi connectivity index (χ1v) is 10.5. The fourth-order valence-electron chi connectivity index (χ4n) is 2.68. The fourth-order valence-corrected chi connectivity index (χ4v) is 4.19. The van der Waals surface area contributed by atoms with Gasteiger partial charge in [-0.3, -0.25) is 14.5 Å². The summed E-state index contributed by atoms with van der Waals surface area (Å²) in [6.45, 7) is 3.98. The van der Waals surface area contributed by atoms with Crippen molar-refractivity contribution in [3.63, 3.8) is 0 Å². The van der Waals surface area contributed by atoms with Crippen LogP contribution in [0.3, 0.4) is 0 Å². The van der Waals surface area contributed by atoms with Crippen LogP contribution in [0.2, 0.25) is 0 Å². The van der Waals surface area contributed by atoms with Crippen LogP contribution in [0.15, 0.2) is 47.5 Å². The van der Waals surface area contributed by atoms with Gasteiger partial charge >= 0.3 is 0 Å². The molecule has 2 amide bonds. The van der Waals surface area contributed by atoms with Crippen LogP contribution in [0.1, 0.15) is 17.5 Å². The second-order valence-electron chi connectivity index (χ2n) is 6.37. The van der Waals surface area contributed by atoms with Gasteiger partial charge in [-0.1, -0.05) is 23.9 Å². The van der Waals surface area contributed by atoms with Crippen LogP contribution in [0.25, 0.3) is 0 Å². The van der Waals surface area contributed by atoms with Crippen molar-refractivity contribution in [3.8, 4) is 0 Å². The van der Waals surface area contributed by atoms with Gasteiger partial charge in [-0.2, -0.15) is 0 Å². The van der Waals surface area contributed by atoms with Gasteiger partial charge in [-0.05, 0) is 77.9 Å². The lowest BCUT2D eigenvalue weighted by Gasteiger charge is -2.12. The number of anilines is 1. The van der Waals surface area contributed by atoms with Crippen LogP contribution in [-0.4, -0.2) is 34.2 Å². The molecule has 0 bridgehead atoms. The van der Waals surface area contributed by atoms with Crippen LogP contribution >= 0.6 is 34.4 Å². The number of thioether (sulfide) groups is 1. The normalized spacial score (nSPS) is 18.2. The van der Waals surface area contributed by atoms with Crippen molar-refractivity contribution in [3.05, 3.63) is 57.2 Å². The van der Waals surface area contributed by atoms with E-state index in [9.17, 15) is 9.59 Å². The number of nitrogens with one attached hydrogen (secondary N) is 1. The van der Waals surface area contributed by atoms with Gasteiger partial charge in [0.25, 0.3) is 0 Å². The molecular formula is C20H20IN3O2S. The highest BCUT2D eigenvalue weighted by molar-refractivity contribution is 14.1. The molecule has 0 radical (unpaired) electrons. The molecule has 27 heavy (non-hydrogen) atoms. The highest BCUT2D eigenvalue weighted by Crippen LogP contribution is 2.31. The maximum Gasteiger partial charge on any atom is 0.242 e. The maximum absolute atomic E-state index is 12.5. The Morgan fingerprint density at radius 3 is 2.63 bits per heavy atom. The van der Waals surface area contributed by atoms with Crippen LogP contribution in [0.5, 0.6) is 0 Å². The van der Waals surface area contributed by atoms with Crippen molar-refractivity contribution in [2.24, 2.45) is 4.99 Å². The number of carbonyl (C=O) groups is 2. The smallest absolute Gasteiger partial charge is 0.242 e. The summed E-state index contributed by atoms with van der Waals surface area (Å²) in [6.07, 6.45) is 0.118. The Labute approximate surface area is 176 Å². The summed E-state index contributed by atoms with van der Waals surface area (Å²) in [4.78, 5) is 31.0. The minimum atomic E-state index is -0.456. The number of carbonyl (C=O) groups excluding carboxylic acids is 2. The van der Waals surface area contributed by atoms with Crippen molar-refractivity contribution < 1.29 is 9.59 Å². The first-order chi connectivity index (χ1) is 12.8. The van der Waals surface area contributed by atoms with Gasteiger partial charge in [0, 0.05) is 22.7 Å². The number of benzene rings is 2. The molecule has 1 heterocycles. The standard InChI is InChI=1S/C20H20IN3O2S/c1-12-5-4-6-16(13(12)2)23-18(25)11-17-19(26)24(3)20(27-17)22-15-9-7-14(21)8-10-15/h4-10,17H,11H2,1-3H3,(H,23,25)/t17-/m1/s1. The van der Waals surface area contributed by atoms with Gasteiger partial charge in [0.05, 0.1) is 5.69 Å². The Morgan fingerprint density at radius 2 is 1.93 bits per heavy atom. The van der Waals surface area contributed by atoms with Gasteiger partial charge in [0.1, 0.15) is 5.25 Å². The van der Waals surface area contributed by atoms with Crippen molar-refractivity contribution in [1.29, 1.82) is 0 Å². The zero-order valence-electron chi connectivity index (χ0n) is 15.3. The highest BCUT2D eigenvalue weighted by atomic mass is 127. The van der Waals surface area contributed by atoms with E-state index in [-0.39, 0.29) is 18.2 Å². The van der Waals surface area contributed by atoms with E-state index in [0.717, 1.165) is 26.1 Å². The van der Waals surface area contributed by atoms with Gasteiger partial charge in [0.15, 0.2) is 5.17 Å². The second kappa shape index (κ2) is 8.43. The SMILES string of the molecule is Cc1cccc(NC(=O)C[C@H]2SC(=Nc3ccc(I)cc3)N(C)C2=O)c1C. The predicted molar refractivity (Wildman–Crippen MR) is 120 cm³/mol. The van der Waals surface area contributed by atoms with Gasteiger partial charge in [0.2, 0.25) is 11.8 Å². The molecule has 5 nitrogen and oxygen atoms in total. The molecule has 1 fully saturated rings. The maximum atomic E-state index is 12.5. The molecule has 3 rings (SSSR count). The molecule has 1 saturated heterocycles. The van der Waals surface area contributed by atoms with Crippen LogP contribution in [0, 0.1) is 17.4 Å². The molecule has 0 unspecified atom stereocenters. The number of hydrogen-bond donors (Lipinski definition) is 1. The van der Waals surface area contributed by atoms with Gasteiger partial charge < -0.3 is 5.32 Å². The quantitative estimate of drug-likeness (QED) is 0.639. The molecule has 0 saturated carbocycles. The molecule has 1 aliphatic rings. The fraction of sp³-hybridized carbons (Fsp3) is 0.250. The van der Waals surface area contributed by atoms with Gasteiger partial charge in [-0.25, -0.2) is 4.99 Å². The summed E-state index contributed by atoms with van der Waals surface area (Å²) >= 11 is 3.57. The molecule has 2 aromatic carbocycles. The topological polar surface area (TPSA) is 61.8 Å². The lowest BCUT2D eigenvalue weighted by atomic mass is 10.1. The van der Waals surface area contributed by atoms with E-state index < -0.39 is 5.25 Å². The predicted octanol–water partition coefficient (Wildman–Crippen LogP) is 4.50. The molecule has 0 aromatic heterocycles. The highest BCUT2D eigenvalue weighted by Gasteiger charge is 2.37. The molecule has 1 N–H and O–H groups in total. The minimum absolute atomic E-state index is 0.0969. The Morgan fingerprint density at radius 1 is 1.22 bits per heavy atom. The molecule has 1 aliphatic heterocycles. The van der Waals surface area contributed by atoms with Crippen molar-refractivity contribution in [1.82, 2.24) is 4.90 Å². The van der Waals surface area contributed by atoms with Crippen molar-refractivity contribution in [2.45, 2.75) is 25.5 Å². The number of aryl methyl sites for hydroxylation is 1. The summed E-state index contributed by atoms with van der Waals surface area (Å²) in [5.41, 5.74) is 3.73. The van der Waals surface area contributed by atoms with Crippen molar-refractivity contribution >= 4 is 62.7 Å². The number of rotatable bonds is 4. The Hall–Kier alpha value is -1.87. The molecule has 7 heteroatoms. The first-order valence-electron chi connectivity index (χ1n) is 8.49. The van der Waals surface area contributed by atoms with E-state index in [1.807, 2.05) is 56.3 Å². The monoisotopic (exact) mass is 493 g/mol. The second-order valence-corrected chi connectivity index (χ2v) is 8.79. The number of aliphatic imine (C=N–C) groups is 1. The number of halogens is 1. The van der Waals surface area contributed by atoms with E-state index in [1.165, 1.54) is 16.7 Å². The zero-order valence-corrected chi connectivity index (χ0v) is 18.3. The van der Waals surface area contributed by atoms with Crippen LogP contribution in [-0.2, 0) is 9.59 Å². The lowest BCUT2D eigenvalue weighted by Crippen LogP contribution is -2.30. The summed E-state index contributed by atoms with van der Waals surface area (Å²) in [7, 11) is 1.70. The molecule has 0 aliphatic carbocycles. The van der Waals surface area contributed by atoms with E-state index in [4.69, 9.17) is 0 Å². The third kappa shape index (κ3) is 4.70. The molecular weight excluding hydrogens is 473 g/mol. The Bertz CT molecular complexity index is 912. The summed E-state index contributed by atoms with van der Waals surface area (Å²) in [6, 6.07) is 13.5. The molecule has 140 valence electrons. The number of amidine groups is 1. The third-order valence-corrected chi connectivity index (χ3v) is 6.39. The number of hydrogen-bond acceptors (Lipinski definition) is 4. The van der Waals surface area contributed by atoms with Crippen molar-refractivity contribution in [2.75, 3.05) is 12.4 Å². The summed E-state index contributed by atoms with van der Waals surface area (Å²) in [5, 5.41) is 3.08. The van der Waals surface area contributed by atoms with E-state index in [2.05, 4.69) is 32.9 Å². The van der Waals surface area contributed by atoms with Gasteiger partial charge in [-0.15, -0.1) is 0 Å². The number of amides is 2. The van der Waals surface area contributed by atoms with E-state index in [1.54, 1.807) is 7.05 Å². The molecule has 2 aromatic rings. The lowest BCUT2D eigenvalue weighted by molar-refractivity contribution is -0.127. The average Bonchev–Trinajstić information content (AvgIpc) is 2.89. The van der Waals surface area contributed by atoms with E-state index >= 15 is 0 Å².